The minimum Gasteiger partial charge on any atom is -0.376 e. The number of fused-ring (bicyclic) bond motifs is 12. The second-order valence-corrected chi connectivity index (χ2v) is 14.1. The number of benzene rings is 7. The quantitative estimate of drug-likeness (QED) is 0.200. The molecule has 8 aromatic rings. The first kappa shape index (κ1) is 27.2. The Hall–Kier alpha value is -4.99. The smallest absolute Gasteiger partial charge is 0.141 e. The van der Waals surface area contributed by atoms with Gasteiger partial charge in [0.15, 0.2) is 0 Å². The molecule has 0 radical (unpaired) electrons. The van der Waals surface area contributed by atoms with Crippen LogP contribution < -0.4 is 0 Å². The third-order valence-corrected chi connectivity index (χ3v) is 11.9. The van der Waals surface area contributed by atoms with Gasteiger partial charge in [0.25, 0.3) is 0 Å². The lowest BCUT2D eigenvalue weighted by molar-refractivity contribution is 0.119. The van der Waals surface area contributed by atoms with Gasteiger partial charge in [-0.1, -0.05) is 151 Å². The first-order valence-electron chi connectivity index (χ1n) is 15.9. The van der Waals surface area contributed by atoms with E-state index < -0.39 is 11.0 Å². The lowest BCUT2D eigenvalue weighted by atomic mass is 9.56. The fraction of sp³-hybridized carbons (Fsp3) is 0.0455. The van der Waals surface area contributed by atoms with Gasteiger partial charge in [-0.3, -0.25) is 0 Å². The molecule has 0 saturated carbocycles. The maximum Gasteiger partial charge on any atom is 0.141 e. The van der Waals surface area contributed by atoms with Crippen molar-refractivity contribution in [2.75, 3.05) is 0 Å². The van der Waals surface area contributed by atoms with E-state index in [1.807, 2.05) is 12.1 Å². The molecule has 1 heterocycles. The van der Waals surface area contributed by atoms with Crippen LogP contribution in [0.5, 0.6) is 0 Å². The Morgan fingerprint density at radius 2 is 0.915 bits per heavy atom. The van der Waals surface area contributed by atoms with Crippen molar-refractivity contribution in [3.8, 4) is 22.3 Å². The Balaban J connectivity index is 1.33. The summed E-state index contributed by atoms with van der Waals surface area (Å²) in [7, 11) is 0. The molecule has 0 amide bonds. The average Bonchev–Trinajstić information content (AvgIpc) is 3.65. The van der Waals surface area contributed by atoms with Gasteiger partial charge in [-0.15, -0.1) is 11.3 Å². The fourth-order valence-corrected chi connectivity index (χ4v) is 10.1. The summed E-state index contributed by atoms with van der Waals surface area (Å²) in [5.41, 5.74) is 9.65. The van der Waals surface area contributed by atoms with E-state index >= 15 is 0 Å². The molecule has 222 valence electrons. The maximum absolute atomic E-state index is 13.7. The zero-order chi connectivity index (χ0) is 31.3. The highest BCUT2D eigenvalue weighted by molar-refractivity contribution is 7.26. The summed E-state index contributed by atoms with van der Waals surface area (Å²) in [6.45, 7) is 0. The van der Waals surface area contributed by atoms with Crippen LogP contribution >= 0.6 is 22.9 Å². The van der Waals surface area contributed by atoms with Crippen LogP contribution in [0.2, 0.25) is 5.02 Å². The Morgan fingerprint density at radius 1 is 0.426 bits per heavy atom. The van der Waals surface area contributed by atoms with Crippen LogP contribution in [0.15, 0.2) is 158 Å². The molecule has 2 aliphatic rings. The second-order valence-electron chi connectivity index (χ2n) is 12.6. The van der Waals surface area contributed by atoms with Crippen molar-refractivity contribution in [2.24, 2.45) is 0 Å². The van der Waals surface area contributed by atoms with Crippen molar-refractivity contribution in [1.29, 1.82) is 0 Å². The molecule has 0 bridgehead atoms. The molecule has 0 fully saturated rings. The van der Waals surface area contributed by atoms with Crippen LogP contribution in [-0.2, 0) is 11.0 Å². The molecular weight excluding hydrogens is 612 g/mol. The summed E-state index contributed by atoms with van der Waals surface area (Å²) in [6, 6.07) is 55.6. The summed E-state index contributed by atoms with van der Waals surface area (Å²) in [4.78, 5) is 0. The largest absolute Gasteiger partial charge is 0.376 e. The first-order valence-corrected chi connectivity index (χ1v) is 17.1. The van der Waals surface area contributed by atoms with Crippen LogP contribution in [-0.4, -0.2) is 5.11 Å². The van der Waals surface area contributed by atoms with E-state index in [2.05, 4.69) is 146 Å². The van der Waals surface area contributed by atoms with E-state index in [0.29, 0.717) is 5.02 Å². The molecule has 1 nitrogen and oxygen atoms in total. The van der Waals surface area contributed by atoms with E-state index in [0.717, 1.165) is 38.9 Å². The Labute approximate surface area is 282 Å². The molecule has 10 rings (SSSR count). The molecule has 3 heteroatoms. The molecule has 7 aromatic carbocycles. The topological polar surface area (TPSA) is 20.2 Å². The number of rotatable bonds is 2. The molecule has 0 aliphatic heterocycles. The summed E-state index contributed by atoms with van der Waals surface area (Å²) in [6.07, 6.45) is 0. The predicted octanol–water partition coefficient (Wildman–Crippen LogP) is 11.3. The first-order chi connectivity index (χ1) is 23.1. The molecule has 47 heavy (non-hydrogen) atoms. The molecule has 1 spiro atoms. The molecule has 2 aliphatic carbocycles. The summed E-state index contributed by atoms with van der Waals surface area (Å²) in [5.74, 6) is 0. The van der Waals surface area contributed by atoms with Crippen LogP contribution in [0.25, 0.3) is 42.4 Å². The van der Waals surface area contributed by atoms with Gasteiger partial charge in [0.2, 0.25) is 0 Å². The van der Waals surface area contributed by atoms with Crippen LogP contribution in [0.4, 0.5) is 0 Å². The maximum atomic E-state index is 13.7. The van der Waals surface area contributed by atoms with E-state index in [1.54, 1.807) is 11.3 Å². The van der Waals surface area contributed by atoms with Gasteiger partial charge < -0.3 is 5.11 Å². The van der Waals surface area contributed by atoms with Crippen molar-refractivity contribution in [2.45, 2.75) is 11.0 Å². The van der Waals surface area contributed by atoms with Gasteiger partial charge in [0.05, 0.1) is 5.41 Å². The lowest BCUT2D eigenvalue weighted by Gasteiger charge is -2.47. The third-order valence-electron chi connectivity index (χ3n) is 10.5. The molecule has 0 atom stereocenters. The third kappa shape index (κ3) is 3.42. The van der Waals surface area contributed by atoms with E-state index in [1.165, 1.54) is 42.4 Å². The highest BCUT2D eigenvalue weighted by atomic mass is 35.5. The zero-order valence-electron chi connectivity index (χ0n) is 25.2. The van der Waals surface area contributed by atoms with Gasteiger partial charge in [0, 0.05) is 30.8 Å². The summed E-state index contributed by atoms with van der Waals surface area (Å²) in [5, 5.41) is 16.8. The Morgan fingerprint density at radius 3 is 1.57 bits per heavy atom. The number of thiophene rings is 1. The van der Waals surface area contributed by atoms with Gasteiger partial charge in [-0.05, 0) is 73.8 Å². The number of hydrogen-bond donors (Lipinski definition) is 1. The summed E-state index contributed by atoms with van der Waals surface area (Å²) < 4.78 is 2.45. The van der Waals surface area contributed by atoms with Gasteiger partial charge in [-0.2, -0.15) is 0 Å². The van der Waals surface area contributed by atoms with Crippen molar-refractivity contribution in [3.05, 3.63) is 202 Å². The molecule has 0 saturated heterocycles. The van der Waals surface area contributed by atoms with Crippen molar-refractivity contribution >= 4 is 43.1 Å². The van der Waals surface area contributed by atoms with Crippen molar-refractivity contribution in [1.82, 2.24) is 0 Å². The van der Waals surface area contributed by atoms with Gasteiger partial charge in [-0.25, -0.2) is 0 Å². The van der Waals surface area contributed by atoms with Crippen molar-refractivity contribution < 1.29 is 5.11 Å². The molecule has 0 unspecified atom stereocenters. The standard InChI is InChI=1S/C44H27ClOS/c45-27-24-25-30(32-15-11-16-33-31-14-3-10-23-41(31)47-42(32)33)40(26-27)44(46)38-21-8-6-19-36(38)43(37-20-7-9-22-39(37)44)34-17-4-1-12-28(34)29-13-2-5-18-35(29)43/h1-26,46H. The van der Waals surface area contributed by atoms with Crippen LogP contribution in [0.3, 0.4) is 0 Å². The Bertz CT molecular complexity index is 2480. The van der Waals surface area contributed by atoms with Gasteiger partial charge >= 0.3 is 0 Å². The Kier molecular flexibility index (Phi) is 5.64. The van der Waals surface area contributed by atoms with E-state index in [4.69, 9.17) is 11.6 Å². The monoisotopic (exact) mass is 638 g/mol. The zero-order valence-corrected chi connectivity index (χ0v) is 26.8. The number of aliphatic hydroxyl groups is 1. The lowest BCUT2D eigenvalue weighted by Crippen LogP contribution is -2.44. The molecular formula is C44H27ClOS. The van der Waals surface area contributed by atoms with E-state index in [9.17, 15) is 5.11 Å². The van der Waals surface area contributed by atoms with Gasteiger partial charge in [0.1, 0.15) is 5.60 Å². The minimum atomic E-state index is -1.48. The average molecular weight is 639 g/mol. The van der Waals surface area contributed by atoms with Crippen LogP contribution in [0.1, 0.15) is 38.9 Å². The number of hydrogen-bond acceptors (Lipinski definition) is 2. The predicted molar refractivity (Wildman–Crippen MR) is 196 cm³/mol. The summed E-state index contributed by atoms with van der Waals surface area (Å²) >= 11 is 8.67. The highest BCUT2D eigenvalue weighted by Gasteiger charge is 2.56. The normalized spacial score (nSPS) is 14.9. The highest BCUT2D eigenvalue weighted by Crippen LogP contribution is 2.63. The SMILES string of the molecule is OC1(c2cc(Cl)ccc2-c2cccc3c2sc2ccccc23)c2ccccc2C2(c3ccccc3-c3ccccc32)c2ccccc21. The molecule has 1 aromatic heterocycles. The second kappa shape index (κ2) is 9.76. The number of halogens is 1. The molecule has 1 N–H and O–H groups in total. The van der Waals surface area contributed by atoms with Crippen molar-refractivity contribution in [3.63, 3.8) is 0 Å². The fourth-order valence-electron chi connectivity index (χ4n) is 8.66. The minimum absolute atomic E-state index is 0.586. The van der Waals surface area contributed by atoms with Crippen LogP contribution in [0, 0.1) is 0 Å². The van der Waals surface area contributed by atoms with E-state index in [-0.39, 0.29) is 0 Å².